The van der Waals surface area contributed by atoms with Gasteiger partial charge in [0.2, 0.25) is 0 Å². The van der Waals surface area contributed by atoms with E-state index in [1.165, 1.54) is 0 Å². The Bertz CT molecular complexity index is 686. The Morgan fingerprint density at radius 3 is 2.74 bits per heavy atom. The van der Waals surface area contributed by atoms with Crippen LogP contribution in [-0.2, 0) is 9.47 Å². The maximum atomic E-state index is 12.4. The number of aliphatic hydroxyl groups is 1. The lowest BCUT2D eigenvalue weighted by Crippen LogP contribution is -2.44. The molecule has 23 heavy (non-hydrogen) atoms. The van der Waals surface area contributed by atoms with Crippen LogP contribution in [0.25, 0.3) is 5.69 Å². The summed E-state index contributed by atoms with van der Waals surface area (Å²) in [6, 6.07) is 7.02. The maximum absolute atomic E-state index is 12.4. The first-order valence-corrected chi connectivity index (χ1v) is 7.53. The number of hydrogen-bond acceptors (Lipinski definition) is 5. The second kappa shape index (κ2) is 5.77. The van der Waals surface area contributed by atoms with Gasteiger partial charge in [-0.1, -0.05) is 0 Å². The largest absolute Gasteiger partial charge is 0.388 e. The molecule has 0 saturated carbocycles. The number of amides is 1. The Balaban J connectivity index is 1.43. The highest BCUT2D eigenvalue weighted by Gasteiger charge is 2.47. The van der Waals surface area contributed by atoms with Gasteiger partial charge in [-0.25, -0.2) is 4.98 Å². The van der Waals surface area contributed by atoms with Crippen molar-refractivity contribution >= 4 is 5.91 Å². The normalized spacial score (nSPS) is 29.4. The Morgan fingerprint density at radius 1 is 1.22 bits per heavy atom. The van der Waals surface area contributed by atoms with Crippen LogP contribution in [0.2, 0.25) is 0 Å². The molecule has 4 atom stereocenters. The molecule has 2 N–H and O–H groups in total. The number of carbonyl (C=O) groups is 1. The van der Waals surface area contributed by atoms with Gasteiger partial charge in [0.05, 0.1) is 25.6 Å². The lowest BCUT2D eigenvalue weighted by atomic mass is 10.1. The van der Waals surface area contributed by atoms with Crippen molar-refractivity contribution in [2.45, 2.75) is 24.4 Å². The number of rotatable bonds is 3. The van der Waals surface area contributed by atoms with Gasteiger partial charge in [0.1, 0.15) is 18.3 Å². The molecule has 2 aliphatic rings. The van der Waals surface area contributed by atoms with Crippen LogP contribution in [0.15, 0.2) is 43.0 Å². The highest BCUT2D eigenvalue weighted by Crippen LogP contribution is 2.27. The highest BCUT2D eigenvalue weighted by molar-refractivity contribution is 5.94. The summed E-state index contributed by atoms with van der Waals surface area (Å²) in [5.41, 5.74) is 1.50. The molecule has 7 nitrogen and oxygen atoms in total. The Hall–Kier alpha value is -2.22. The second-order valence-corrected chi connectivity index (χ2v) is 5.76. The number of imidazole rings is 1. The minimum atomic E-state index is -0.614. The van der Waals surface area contributed by atoms with Crippen LogP contribution in [0.4, 0.5) is 0 Å². The van der Waals surface area contributed by atoms with E-state index in [2.05, 4.69) is 10.3 Å². The number of carbonyl (C=O) groups excluding carboxylic acids is 1. The molecule has 4 rings (SSSR count). The summed E-state index contributed by atoms with van der Waals surface area (Å²) in [6.45, 7) is 0.604. The van der Waals surface area contributed by atoms with Gasteiger partial charge < -0.3 is 24.5 Å². The van der Waals surface area contributed by atoms with Crippen molar-refractivity contribution < 1.29 is 19.4 Å². The molecule has 2 aromatic rings. The van der Waals surface area contributed by atoms with E-state index in [0.717, 1.165) is 5.69 Å². The second-order valence-electron chi connectivity index (χ2n) is 5.76. The van der Waals surface area contributed by atoms with Gasteiger partial charge in [-0.05, 0) is 24.3 Å². The number of nitrogens with one attached hydrogen (secondary N) is 1. The monoisotopic (exact) mass is 315 g/mol. The molecule has 1 aromatic heterocycles. The zero-order valence-electron chi connectivity index (χ0n) is 12.3. The molecular weight excluding hydrogens is 298 g/mol. The molecule has 0 aliphatic carbocycles. The van der Waals surface area contributed by atoms with Crippen molar-refractivity contribution in [1.82, 2.24) is 14.9 Å². The third kappa shape index (κ3) is 2.63. The van der Waals surface area contributed by atoms with Gasteiger partial charge in [-0.3, -0.25) is 4.79 Å². The van der Waals surface area contributed by atoms with E-state index in [1.54, 1.807) is 24.7 Å². The SMILES string of the molecule is O=C(N[C@@H]1CO[C@H]2[C@@H]1OC[C@H]2O)c1ccc(-n2ccnc2)cc1. The molecule has 0 bridgehead atoms. The lowest BCUT2D eigenvalue weighted by molar-refractivity contribution is 0.0178. The van der Waals surface area contributed by atoms with Gasteiger partial charge in [-0.15, -0.1) is 0 Å². The predicted octanol–water partition coefficient (Wildman–Crippen LogP) is 0.129. The standard InChI is InChI=1S/C16H17N3O4/c20-13-8-23-14-12(7-22-15(13)14)18-16(21)10-1-3-11(4-2-10)19-6-5-17-9-19/h1-6,9,12-15,20H,7-8H2,(H,18,21)/t12-,13-,14-,15-/m1/s1. The molecule has 1 amide bonds. The van der Waals surface area contributed by atoms with Gasteiger partial charge in [-0.2, -0.15) is 0 Å². The number of fused-ring (bicyclic) bond motifs is 1. The smallest absolute Gasteiger partial charge is 0.251 e. The molecule has 3 heterocycles. The van der Waals surface area contributed by atoms with Crippen LogP contribution < -0.4 is 5.32 Å². The Morgan fingerprint density at radius 2 is 2.00 bits per heavy atom. The quantitative estimate of drug-likeness (QED) is 0.841. The molecule has 7 heteroatoms. The number of benzene rings is 1. The Kier molecular flexibility index (Phi) is 3.60. The van der Waals surface area contributed by atoms with Crippen molar-refractivity contribution in [1.29, 1.82) is 0 Å². The summed E-state index contributed by atoms with van der Waals surface area (Å²) >= 11 is 0. The van der Waals surface area contributed by atoms with E-state index in [0.29, 0.717) is 12.2 Å². The van der Waals surface area contributed by atoms with E-state index in [1.807, 2.05) is 22.9 Å². The number of aromatic nitrogens is 2. The molecule has 0 radical (unpaired) electrons. The van der Waals surface area contributed by atoms with E-state index in [4.69, 9.17) is 9.47 Å². The number of nitrogens with zero attached hydrogens (tertiary/aromatic N) is 2. The summed E-state index contributed by atoms with van der Waals surface area (Å²) in [5, 5.41) is 12.6. The maximum Gasteiger partial charge on any atom is 0.251 e. The van der Waals surface area contributed by atoms with Crippen molar-refractivity contribution in [3.63, 3.8) is 0 Å². The van der Waals surface area contributed by atoms with E-state index in [-0.39, 0.29) is 30.8 Å². The molecule has 2 saturated heterocycles. The van der Waals surface area contributed by atoms with E-state index < -0.39 is 6.10 Å². The van der Waals surface area contributed by atoms with E-state index in [9.17, 15) is 9.90 Å². The fourth-order valence-electron chi connectivity index (χ4n) is 3.05. The first-order chi connectivity index (χ1) is 11.2. The summed E-state index contributed by atoms with van der Waals surface area (Å²) in [4.78, 5) is 16.4. The number of hydrogen-bond donors (Lipinski definition) is 2. The van der Waals surface area contributed by atoms with Crippen molar-refractivity contribution in [2.75, 3.05) is 13.2 Å². The highest BCUT2D eigenvalue weighted by atomic mass is 16.6. The number of aliphatic hydroxyl groups excluding tert-OH is 1. The van der Waals surface area contributed by atoms with Gasteiger partial charge in [0.15, 0.2) is 0 Å². The fourth-order valence-corrected chi connectivity index (χ4v) is 3.05. The first-order valence-electron chi connectivity index (χ1n) is 7.53. The topological polar surface area (TPSA) is 85.6 Å². The van der Waals surface area contributed by atoms with Crippen molar-refractivity contribution in [2.24, 2.45) is 0 Å². The molecule has 0 spiro atoms. The predicted molar refractivity (Wildman–Crippen MR) is 80.3 cm³/mol. The molecule has 1 aromatic carbocycles. The molecular formula is C16H17N3O4. The minimum absolute atomic E-state index is 0.179. The fraction of sp³-hybridized carbons (Fsp3) is 0.375. The van der Waals surface area contributed by atoms with Gasteiger partial charge >= 0.3 is 0 Å². The lowest BCUT2D eigenvalue weighted by Gasteiger charge is -2.17. The van der Waals surface area contributed by atoms with Crippen LogP contribution >= 0.6 is 0 Å². The summed E-state index contributed by atoms with van der Waals surface area (Å²) < 4.78 is 12.9. The molecule has 120 valence electrons. The van der Waals surface area contributed by atoms with Gasteiger partial charge in [0.25, 0.3) is 5.91 Å². The third-order valence-electron chi connectivity index (χ3n) is 4.28. The van der Waals surface area contributed by atoms with Crippen LogP contribution in [0.3, 0.4) is 0 Å². The minimum Gasteiger partial charge on any atom is -0.388 e. The Labute approximate surface area is 132 Å². The van der Waals surface area contributed by atoms with Crippen LogP contribution in [-0.4, -0.2) is 58.1 Å². The average Bonchev–Trinajstić information content (AvgIpc) is 3.29. The summed E-state index contributed by atoms with van der Waals surface area (Å²) in [7, 11) is 0. The molecule has 2 aliphatic heterocycles. The van der Waals surface area contributed by atoms with Crippen molar-refractivity contribution in [3.8, 4) is 5.69 Å². The summed E-state index contributed by atoms with van der Waals surface area (Å²) in [5.74, 6) is -0.179. The van der Waals surface area contributed by atoms with Crippen LogP contribution in [0.5, 0.6) is 0 Å². The molecule has 2 fully saturated rings. The summed E-state index contributed by atoms with van der Waals surface area (Å²) in [6.07, 6.45) is 4.01. The van der Waals surface area contributed by atoms with Gasteiger partial charge in [0, 0.05) is 23.6 Å². The van der Waals surface area contributed by atoms with E-state index >= 15 is 0 Å². The average molecular weight is 315 g/mol. The number of ether oxygens (including phenoxy) is 2. The zero-order chi connectivity index (χ0) is 15.8. The third-order valence-corrected chi connectivity index (χ3v) is 4.28. The first kappa shape index (κ1) is 14.4. The van der Waals surface area contributed by atoms with Crippen LogP contribution in [0.1, 0.15) is 10.4 Å². The van der Waals surface area contributed by atoms with Crippen LogP contribution in [0, 0.1) is 0 Å². The zero-order valence-corrected chi connectivity index (χ0v) is 12.3. The molecule has 0 unspecified atom stereocenters. The van der Waals surface area contributed by atoms with Crippen molar-refractivity contribution in [3.05, 3.63) is 48.5 Å².